The van der Waals surface area contributed by atoms with Crippen molar-refractivity contribution in [3.05, 3.63) is 42.0 Å². The third-order valence-corrected chi connectivity index (χ3v) is 4.95. The van der Waals surface area contributed by atoms with Crippen molar-refractivity contribution in [1.29, 1.82) is 0 Å². The van der Waals surface area contributed by atoms with Crippen LogP contribution in [0.2, 0.25) is 0 Å². The number of amides is 1. The van der Waals surface area contributed by atoms with E-state index in [9.17, 15) is 23.1 Å². The van der Waals surface area contributed by atoms with E-state index in [2.05, 4.69) is 15.3 Å². The number of carboxylic acids is 1. The van der Waals surface area contributed by atoms with Crippen LogP contribution in [0.25, 0.3) is 0 Å². The van der Waals surface area contributed by atoms with Crippen LogP contribution in [0.4, 0.5) is 13.2 Å². The second-order valence-corrected chi connectivity index (χ2v) is 7.91. The predicted octanol–water partition coefficient (Wildman–Crippen LogP) is 2.33. The molecule has 0 unspecified atom stereocenters. The van der Waals surface area contributed by atoms with Gasteiger partial charge in [-0.05, 0) is 50.8 Å². The molecule has 0 radical (unpaired) electrons. The number of carbonyl (C=O) groups is 2. The van der Waals surface area contributed by atoms with Crippen molar-refractivity contribution in [2.24, 2.45) is 0 Å². The molecule has 0 spiro atoms. The summed E-state index contributed by atoms with van der Waals surface area (Å²) in [6, 6.07) is 4.13. The number of carbonyl (C=O) groups excluding carboxylic acids is 1. The molecule has 2 N–H and O–H groups in total. The average Bonchev–Trinajstić information content (AvgIpc) is 3.23. The first-order valence-corrected chi connectivity index (χ1v) is 9.99. The summed E-state index contributed by atoms with van der Waals surface area (Å²) in [6.07, 6.45) is 3.23. The number of hydrogen-bond acceptors (Lipinski definition) is 6. The Morgan fingerprint density at radius 3 is 2.19 bits per heavy atom. The lowest BCUT2D eigenvalue weighted by Crippen LogP contribution is -2.39. The van der Waals surface area contributed by atoms with Crippen molar-refractivity contribution in [2.45, 2.75) is 57.3 Å². The summed E-state index contributed by atoms with van der Waals surface area (Å²) in [4.78, 5) is 27.2. The van der Waals surface area contributed by atoms with Gasteiger partial charge in [0.1, 0.15) is 11.3 Å². The van der Waals surface area contributed by atoms with E-state index in [1.807, 2.05) is 27.9 Å². The van der Waals surface area contributed by atoms with Crippen molar-refractivity contribution in [2.75, 3.05) is 13.1 Å². The number of pyridine rings is 1. The monoisotopic (exact) mass is 457 g/mol. The number of nitrogens with zero attached hydrogens (tertiary/aromatic N) is 5. The van der Waals surface area contributed by atoms with E-state index in [1.165, 1.54) is 0 Å². The third-order valence-electron chi connectivity index (χ3n) is 4.95. The van der Waals surface area contributed by atoms with Crippen LogP contribution in [0, 0.1) is 0 Å². The number of piperidine rings is 1. The molecule has 3 heterocycles. The van der Waals surface area contributed by atoms with E-state index in [-0.39, 0.29) is 11.9 Å². The highest BCUT2D eigenvalue weighted by Gasteiger charge is 2.38. The standard InChI is InChI=1S/C18H25N5O2.C2HF3O2/c1-18(2,25)16-13-23(21-20-16)15-7-11-22(12-8-15)17(24)4-3-14-5-9-19-10-6-14;3-2(4,5)1(6)7/h5-6,9-10,13,15,25H,3-4,7-8,11-12H2,1-2H3;(H,6,7). The average molecular weight is 457 g/mol. The van der Waals surface area contributed by atoms with E-state index in [0.29, 0.717) is 12.1 Å². The molecule has 9 nitrogen and oxygen atoms in total. The summed E-state index contributed by atoms with van der Waals surface area (Å²) in [5.41, 5.74) is 0.727. The van der Waals surface area contributed by atoms with Crippen LogP contribution >= 0.6 is 0 Å². The molecule has 1 aliphatic rings. The fraction of sp³-hybridized carbons (Fsp3) is 0.550. The molecule has 1 fully saturated rings. The molecule has 0 aliphatic carbocycles. The van der Waals surface area contributed by atoms with Crippen LogP contribution < -0.4 is 0 Å². The lowest BCUT2D eigenvalue weighted by atomic mass is 10.0. The zero-order valence-corrected chi connectivity index (χ0v) is 17.8. The van der Waals surface area contributed by atoms with Crippen molar-refractivity contribution < 1.29 is 33.0 Å². The number of halogens is 3. The summed E-state index contributed by atoms with van der Waals surface area (Å²) >= 11 is 0. The van der Waals surface area contributed by atoms with Crippen LogP contribution in [0.3, 0.4) is 0 Å². The van der Waals surface area contributed by atoms with Crippen LogP contribution in [-0.2, 0) is 21.6 Å². The number of likely N-dealkylation sites (tertiary alicyclic amines) is 1. The highest BCUT2D eigenvalue weighted by Crippen LogP contribution is 2.24. The Hall–Kier alpha value is -3.02. The first-order valence-electron chi connectivity index (χ1n) is 9.99. The van der Waals surface area contributed by atoms with Gasteiger partial charge in [0, 0.05) is 31.9 Å². The number of hydrogen-bond donors (Lipinski definition) is 2. The largest absolute Gasteiger partial charge is 0.490 e. The summed E-state index contributed by atoms with van der Waals surface area (Å²) in [7, 11) is 0. The topological polar surface area (TPSA) is 121 Å². The molecule has 0 atom stereocenters. The maximum Gasteiger partial charge on any atom is 0.490 e. The molecular formula is C20H26F3N5O4. The van der Waals surface area contributed by atoms with Gasteiger partial charge in [-0.25, -0.2) is 9.48 Å². The number of rotatable bonds is 5. The first-order chi connectivity index (χ1) is 14.9. The quantitative estimate of drug-likeness (QED) is 0.707. The molecule has 0 aromatic carbocycles. The number of carboxylic acid groups (broad SMARTS) is 1. The van der Waals surface area contributed by atoms with E-state index < -0.39 is 17.7 Å². The van der Waals surface area contributed by atoms with Crippen LogP contribution in [0.1, 0.15) is 50.4 Å². The van der Waals surface area contributed by atoms with Gasteiger partial charge in [0.05, 0.1) is 12.2 Å². The molecule has 3 rings (SSSR count). The molecule has 0 saturated carbocycles. The second-order valence-electron chi connectivity index (χ2n) is 7.91. The Morgan fingerprint density at radius 1 is 1.16 bits per heavy atom. The van der Waals surface area contributed by atoms with Crippen molar-refractivity contribution in [3.8, 4) is 0 Å². The predicted molar refractivity (Wildman–Crippen MR) is 106 cm³/mol. The molecule has 1 amide bonds. The summed E-state index contributed by atoms with van der Waals surface area (Å²) in [5, 5.41) is 25.3. The van der Waals surface area contributed by atoms with Crippen molar-refractivity contribution in [1.82, 2.24) is 24.9 Å². The Bertz CT molecular complexity index is 889. The summed E-state index contributed by atoms with van der Waals surface area (Å²) < 4.78 is 33.6. The molecular weight excluding hydrogens is 431 g/mol. The minimum atomic E-state index is -5.08. The Labute approximate surface area is 182 Å². The van der Waals surface area contributed by atoms with E-state index in [0.717, 1.165) is 37.9 Å². The zero-order valence-electron chi connectivity index (χ0n) is 17.8. The molecule has 32 heavy (non-hydrogen) atoms. The van der Waals surface area contributed by atoms with Gasteiger partial charge in [-0.3, -0.25) is 9.78 Å². The lowest BCUT2D eigenvalue weighted by Gasteiger charge is -2.32. The lowest BCUT2D eigenvalue weighted by molar-refractivity contribution is -0.192. The van der Waals surface area contributed by atoms with Gasteiger partial charge in [-0.2, -0.15) is 13.2 Å². The van der Waals surface area contributed by atoms with Gasteiger partial charge in [0.2, 0.25) is 5.91 Å². The number of aryl methyl sites for hydroxylation is 1. The van der Waals surface area contributed by atoms with Gasteiger partial charge in [-0.1, -0.05) is 5.21 Å². The Morgan fingerprint density at radius 2 is 1.72 bits per heavy atom. The molecule has 176 valence electrons. The Balaban J connectivity index is 0.000000451. The fourth-order valence-electron chi connectivity index (χ4n) is 3.07. The van der Waals surface area contributed by atoms with E-state index in [4.69, 9.17) is 9.90 Å². The smallest absolute Gasteiger partial charge is 0.475 e. The zero-order chi connectivity index (χ0) is 23.9. The van der Waals surface area contributed by atoms with Crippen LogP contribution in [0.15, 0.2) is 30.7 Å². The summed E-state index contributed by atoms with van der Waals surface area (Å²) in [6.45, 7) is 4.87. The minimum absolute atomic E-state index is 0.200. The van der Waals surface area contributed by atoms with E-state index in [1.54, 1.807) is 26.2 Å². The first kappa shape index (κ1) is 25.2. The molecule has 0 bridgehead atoms. The number of aliphatic hydroxyl groups is 1. The number of alkyl halides is 3. The molecule has 2 aromatic rings. The van der Waals surface area contributed by atoms with Crippen LogP contribution in [0.5, 0.6) is 0 Å². The van der Waals surface area contributed by atoms with Crippen molar-refractivity contribution >= 4 is 11.9 Å². The van der Waals surface area contributed by atoms with Gasteiger partial charge in [0.15, 0.2) is 0 Å². The number of aliphatic carboxylic acids is 1. The van der Waals surface area contributed by atoms with E-state index >= 15 is 0 Å². The minimum Gasteiger partial charge on any atom is -0.475 e. The third kappa shape index (κ3) is 7.59. The highest BCUT2D eigenvalue weighted by molar-refractivity contribution is 5.76. The van der Waals surface area contributed by atoms with Crippen molar-refractivity contribution in [3.63, 3.8) is 0 Å². The number of aromatic nitrogens is 4. The normalized spacial score (nSPS) is 15.1. The summed E-state index contributed by atoms with van der Waals surface area (Å²) in [5.74, 6) is -2.56. The molecule has 1 aliphatic heterocycles. The SMILES string of the molecule is CC(C)(O)c1cn(C2CCN(C(=O)CCc3ccncc3)CC2)nn1.O=C(O)C(F)(F)F. The molecule has 2 aromatic heterocycles. The van der Waals surface area contributed by atoms with Gasteiger partial charge >= 0.3 is 12.1 Å². The Kier molecular flexibility index (Phi) is 8.31. The molecule has 12 heteroatoms. The molecule has 1 saturated heterocycles. The maximum absolute atomic E-state index is 12.4. The van der Waals surface area contributed by atoms with Gasteiger partial charge in [0.25, 0.3) is 0 Å². The maximum atomic E-state index is 12.4. The highest BCUT2D eigenvalue weighted by atomic mass is 19.4. The van der Waals surface area contributed by atoms with Gasteiger partial charge < -0.3 is 15.1 Å². The second kappa shape index (κ2) is 10.5. The van der Waals surface area contributed by atoms with Gasteiger partial charge in [-0.15, -0.1) is 5.10 Å². The van der Waals surface area contributed by atoms with Crippen LogP contribution in [-0.4, -0.2) is 66.2 Å². The fourth-order valence-corrected chi connectivity index (χ4v) is 3.07.